The normalized spacial score (nSPS) is 23.2. The summed E-state index contributed by atoms with van der Waals surface area (Å²) in [5, 5.41) is 7.14. The summed E-state index contributed by atoms with van der Waals surface area (Å²) in [5.41, 5.74) is 1.62. The van der Waals surface area contributed by atoms with Crippen molar-refractivity contribution in [1.82, 2.24) is 20.4 Å². The predicted octanol–water partition coefficient (Wildman–Crippen LogP) is 2.80. The first-order valence-electron chi connectivity index (χ1n) is 9.66. The molecule has 1 aromatic rings. The number of piperazine rings is 1. The van der Waals surface area contributed by atoms with Crippen molar-refractivity contribution < 1.29 is 14.3 Å². The lowest BCUT2D eigenvalue weighted by Gasteiger charge is -2.39. The van der Waals surface area contributed by atoms with Gasteiger partial charge in [-0.05, 0) is 31.5 Å². The Morgan fingerprint density at radius 2 is 2.10 bits per heavy atom. The molecule has 3 rings (SSSR count). The number of ether oxygens (including phenoxy) is 1. The van der Waals surface area contributed by atoms with Crippen LogP contribution in [0.3, 0.4) is 0 Å². The van der Waals surface area contributed by atoms with Gasteiger partial charge < -0.3 is 15.4 Å². The fourth-order valence-electron chi connectivity index (χ4n) is 3.73. The zero-order valence-corrected chi connectivity index (χ0v) is 18.3. The third kappa shape index (κ3) is 4.86. The van der Waals surface area contributed by atoms with Crippen LogP contribution in [-0.2, 0) is 9.53 Å². The maximum Gasteiger partial charge on any atom is 0.338 e. The minimum absolute atomic E-state index is 0.235. The van der Waals surface area contributed by atoms with Crippen molar-refractivity contribution >= 4 is 35.2 Å². The smallest absolute Gasteiger partial charge is 0.338 e. The van der Waals surface area contributed by atoms with Gasteiger partial charge in [0.25, 0.3) is 0 Å². The van der Waals surface area contributed by atoms with E-state index < -0.39 is 12.0 Å². The molecule has 2 N–H and O–H groups in total. The van der Waals surface area contributed by atoms with E-state index in [9.17, 15) is 9.59 Å². The molecule has 1 fully saturated rings. The Hall–Kier alpha value is -1.80. The highest BCUT2D eigenvalue weighted by atomic mass is 35.5. The molecule has 2 heterocycles. The van der Waals surface area contributed by atoms with Crippen LogP contribution in [0.1, 0.15) is 25.5 Å². The Bertz CT molecular complexity index is 830. The van der Waals surface area contributed by atoms with Crippen molar-refractivity contribution in [2.75, 3.05) is 39.8 Å². The molecular weight excluding hydrogens is 415 g/mol. The minimum atomic E-state index is -0.710. The van der Waals surface area contributed by atoms with E-state index >= 15 is 0 Å². The van der Waals surface area contributed by atoms with Crippen LogP contribution in [-0.4, -0.2) is 67.7 Å². The SMILES string of the molecule is CCOC(=O)C1=C(CN2CCNC(C)C2)N(C)C(=O)NC1c1ccc(Cl)cc1Cl. The van der Waals surface area contributed by atoms with Gasteiger partial charge >= 0.3 is 12.0 Å². The molecule has 158 valence electrons. The Labute approximate surface area is 181 Å². The highest BCUT2D eigenvalue weighted by Crippen LogP contribution is 2.36. The summed E-state index contributed by atoms with van der Waals surface area (Å²) in [4.78, 5) is 29.4. The van der Waals surface area contributed by atoms with E-state index in [0.717, 1.165) is 19.6 Å². The number of likely N-dealkylation sites (N-methyl/N-ethyl adjacent to an activating group) is 1. The second-order valence-corrected chi connectivity index (χ2v) is 8.12. The number of amides is 2. The molecular formula is C20H26Cl2N4O3. The van der Waals surface area contributed by atoms with Gasteiger partial charge in [-0.3, -0.25) is 9.80 Å². The zero-order valence-electron chi connectivity index (χ0n) is 16.8. The predicted molar refractivity (Wildman–Crippen MR) is 113 cm³/mol. The van der Waals surface area contributed by atoms with Crippen molar-refractivity contribution in [3.8, 4) is 0 Å². The lowest BCUT2D eigenvalue weighted by atomic mass is 9.94. The summed E-state index contributed by atoms with van der Waals surface area (Å²) in [6.07, 6.45) is 0. The van der Waals surface area contributed by atoms with Gasteiger partial charge in [0.15, 0.2) is 0 Å². The fraction of sp³-hybridized carbons (Fsp3) is 0.500. The van der Waals surface area contributed by atoms with E-state index in [0.29, 0.717) is 39.5 Å². The maximum absolute atomic E-state index is 13.0. The number of halogens is 2. The van der Waals surface area contributed by atoms with Crippen LogP contribution in [0.4, 0.5) is 4.79 Å². The van der Waals surface area contributed by atoms with Gasteiger partial charge in [0.1, 0.15) is 0 Å². The number of hydrogen-bond donors (Lipinski definition) is 2. The quantitative estimate of drug-likeness (QED) is 0.688. The van der Waals surface area contributed by atoms with Crippen molar-refractivity contribution in [3.05, 3.63) is 45.1 Å². The Morgan fingerprint density at radius 3 is 2.76 bits per heavy atom. The molecule has 0 bridgehead atoms. The summed E-state index contributed by atoms with van der Waals surface area (Å²) in [6, 6.07) is 4.34. The molecule has 2 aliphatic heterocycles. The van der Waals surface area contributed by atoms with Crippen LogP contribution in [0.25, 0.3) is 0 Å². The van der Waals surface area contributed by atoms with E-state index in [-0.39, 0.29) is 12.6 Å². The van der Waals surface area contributed by atoms with Crippen molar-refractivity contribution in [3.63, 3.8) is 0 Å². The molecule has 9 heteroatoms. The van der Waals surface area contributed by atoms with Crippen LogP contribution < -0.4 is 10.6 Å². The van der Waals surface area contributed by atoms with Crippen LogP contribution >= 0.6 is 23.2 Å². The first-order valence-corrected chi connectivity index (χ1v) is 10.4. The number of carbonyl (C=O) groups is 2. The first kappa shape index (κ1) is 21.9. The van der Waals surface area contributed by atoms with Crippen molar-refractivity contribution in [2.45, 2.75) is 25.9 Å². The summed E-state index contributed by atoms with van der Waals surface area (Å²) < 4.78 is 5.35. The van der Waals surface area contributed by atoms with Gasteiger partial charge in [-0.1, -0.05) is 29.3 Å². The molecule has 2 amide bonds. The molecule has 1 aromatic carbocycles. The first-order chi connectivity index (χ1) is 13.8. The molecule has 7 nitrogen and oxygen atoms in total. The highest BCUT2D eigenvalue weighted by molar-refractivity contribution is 6.35. The van der Waals surface area contributed by atoms with Crippen molar-refractivity contribution in [1.29, 1.82) is 0 Å². The van der Waals surface area contributed by atoms with Crippen LogP contribution in [0.5, 0.6) is 0 Å². The van der Waals surface area contributed by atoms with Gasteiger partial charge in [0.2, 0.25) is 0 Å². The van der Waals surface area contributed by atoms with Gasteiger partial charge in [-0.25, -0.2) is 9.59 Å². The maximum atomic E-state index is 13.0. The number of carbonyl (C=O) groups excluding carboxylic acids is 2. The fourth-order valence-corrected chi connectivity index (χ4v) is 4.25. The highest BCUT2D eigenvalue weighted by Gasteiger charge is 2.38. The summed E-state index contributed by atoms with van der Waals surface area (Å²) in [5.74, 6) is -0.464. The molecule has 0 saturated carbocycles. The number of rotatable bonds is 5. The molecule has 29 heavy (non-hydrogen) atoms. The molecule has 0 aliphatic carbocycles. The van der Waals surface area contributed by atoms with Crippen LogP contribution in [0.2, 0.25) is 10.0 Å². The number of esters is 1. The largest absolute Gasteiger partial charge is 0.463 e. The third-order valence-corrected chi connectivity index (χ3v) is 5.73. The standard InChI is InChI=1S/C20H26Cl2N4O3/c1-4-29-19(27)17-16(11-26-8-7-23-12(2)10-26)25(3)20(28)24-18(17)14-6-5-13(21)9-15(14)22/h5-6,9,12,18,23H,4,7-8,10-11H2,1-3H3,(H,24,28). The van der Waals surface area contributed by atoms with Crippen LogP contribution in [0, 0.1) is 0 Å². The zero-order chi connectivity index (χ0) is 21.1. The van der Waals surface area contributed by atoms with Gasteiger partial charge in [-0.2, -0.15) is 0 Å². The van der Waals surface area contributed by atoms with Crippen molar-refractivity contribution in [2.24, 2.45) is 0 Å². The van der Waals surface area contributed by atoms with Gasteiger partial charge in [0.05, 0.1) is 18.2 Å². The van der Waals surface area contributed by atoms with Crippen LogP contribution in [0.15, 0.2) is 29.5 Å². The molecule has 0 aromatic heterocycles. The summed E-state index contributed by atoms with van der Waals surface area (Å²) >= 11 is 12.4. The third-order valence-electron chi connectivity index (χ3n) is 5.17. The summed E-state index contributed by atoms with van der Waals surface area (Å²) in [6.45, 7) is 7.06. The Kier molecular flexibility index (Phi) is 7.05. The Balaban J connectivity index is 2.07. The number of hydrogen-bond acceptors (Lipinski definition) is 5. The molecule has 2 unspecified atom stereocenters. The second kappa shape index (κ2) is 9.34. The molecule has 0 radical (unpaired) electrons. The number of urea groups is 1. The lowest BCUT2D eigenvalue weighted by molar-refractivity contribution is -0.139. The average Bonchev–Trinajstić information content (AvgIpc) is 2.65. The topological polar surface area (TPSA) is 73.9 Å². The van der Waals surface area contributed by atoms with E-state index in [1.807, 2.05) is 0 Å². The monoisotopic (exact) mass is 440 g/mol. The van der Waals surface area contributed by atoms with E-state index in [4.69, 9.17) is 27.9 Å². The minimum Gasteiger partial charge on any atom is -0.463 e. The second-order valence-electron chi connectivity index (χ2n) is 7.28. The van der Waals surface area contributed by atoms with Gasteiger partial charge in [0, 0.05) is 55.0 Å². The van der Waals surface area contributed by atoms with E-state index in [1.165, 1.54) is 4.90 Å². The van der Waals surface area contributed by atoms with E-state index in [1.54, 1.807) is 32.2 Å². The molecule has 2 atom stereocenters. The van der Waals surface area contributed by atoms with Gasteiger partial charge in [-0.15, -0.1) is 0 Å². The summed E-state index contributed by atoms with van der Waals surface area (Å²) in [7, 11) is 1.66. The molecule has 2 aliphatic rings. The molecule has 1 saturated heterocycles. The van der Waals surface area contributed by atoms with E-state index in [2.05, 4.69) is 22.5 Å². The molecule has 0 spiro atoms. The Morgan fingerprint density at radius 1 is 1.34 bits per heavy atom. The number of nitrogens with zero attached hydrogens (tertiary/aromatic N) is 2. The average molecular weight is 441 g/mol. The number of benzene rings is 1. The lowest BCUT2D eigenvalue weighted by Crippen LogP contribution is -2.53. The number of nitrogens with one attached hydrogen (secondary N) is 2.